The van der Waals surface area contributed by atoms with Crippen LogP contribution in [0.3, 0.4) is 0 Å². The van der Waals surface area contributed by atoms with Crippen molar-refractivity contribution >= 4 is 68.4 Å². The average Bonchev–Trinajstić information content (AvgIpc) is 2.80. The Bertz CT molecular complexity index is 827. The lowest BCUT2D eigenvalue weighted by molar-refractivity contribution is 0.882. The zero-order valence-corrected chi connectivity index (χ0v) is 15.4. The summed E-state index contributed by atoms with van der Waals surface area (Å²) in [5, 5.41) is 0.995. The third kappa shape index (κ3) is 2.77. The monoisotopic (exact) mass is 450 g/mol. The number of fused-ring (bicyclic) bond motifs is 1. The number of hydrogen-bond acceptors (Lipinski definition) is 1. The van der Waals surface area contributed by atoms with Crippen molar-refractivity contribution in [1.82, 2.24) is 9.55 Å². The first-order chi connectivity index (χ1) is 9.99. The Kier molecular flexibility index (Phi) is 4.37. The summed E-state index contributed by atoms with van der Waals surface area (Å²) in [5.74, 6) is 0.725. The average molecular weight is 452 g/mol. The zero-order chi connectivity index (χ0) is 15.1. The van der Waals surface area contributed by atoms with Crippen molar-refractivity contribution in [3.63, 3.8) is 0 Å². The Morgan fingerprint density at radius 3 is 2.57 bits per heavy atom. The van der Waals surface area contributed by atoms with Gasteiger partial charge >= 0.3 is 0 Å². The van der Waals surface area contributed by atoms with Crippen molar-refractivity contribution in [2.75, 3.05) is 0 Å². The predicted molar refractivity (Wildman–Crippen MR) is 98.1 cm³/mol. The summed E-state index contributed by atoms with van der Waals surface area (Å²) in [6.07, 6.45) is 0. The maximum atomic E-state index is 6.41. The maximum absolute atomic E-state index is 6.41. The zero-order valence-electron chi connectivity index (χ0n) is 10.9. The van der Waals surface area contributed by atoms with Crippen molar-refractivity contribution < 1.29 is 0 Å². The lowest BCUT2D eigenvalue weighted by Crippen LogP contribution is -2.02. The minimum Gasteiger partial charge on any atom is -0.293 e. The molecule has 1 unspecified atom stereocenters. The molecule has 0 N–H and O–H groups in total. The first-order valence-corrected chi connectivity index (χ1v) is 8.52. The standard InChI is InChI=1S/C15H10Cl3IN2/c1-8(16)15-20-14-10(17)3-2-4-13(14)21(15)12-6-5-9(19)7-11(12)18/h2-8H,1H3. The number of benzene rings is 2. The summed E-state index contributed by atoms with van der Waals surface area (Å²) >= 11 is 21.2. The molecule has 0 aliphatic heterocycles. The van der Waals surface area contributed by atoms with Gasteiger partial charge < -0.3 is 0 Å². The first-order valence-electron chi connectivity index (χ1n) is 6.25. The molecule has 3 rings (SSSR count). The van der Waals surface area contributed by atoms with Crippen LogP contribution in [-0.4, -0.2) is 9.55 Å². The van der Waals surface area contributed by atoms with Gasteiger partial charge in [0.2, 0.25) is 0 Å². The number of imidazole rings is 1. The van der Waals surface area contributed by atoms with Gasteiger partial charge in [-0.15, -0.1) is 11.6 Å². The summed E-state index contributed by atoms with van der Waals surface area (Å²) in [6, 6.07) is 11.6. The van der Waals surface area contributed by atoms with Crippen molar-refractivity contribution in [1.29, 1.82) is 0 Å². The van der Waals surface area contributed by atoms with Crippen LogP contribution in [0.4, 0.5) is 0 Å². The topological polar surface area (TPSA) is 17.8 Å². The minimum atomic E-state index is -0.260. The highest BCUT2D eigenvalue weighted by Gasteiger charge is 2.19. The molecule has 2 aromatic carbocycles. The molecule has 0 saturated heterocycles. The van der Waals surface area contributed by atoms with Gasteiger partial charge in [0.1, 0.15) is 11.3 Å². The Morgan fingerprint density at radius 2 is 1.90 bits per heavy atom. The molecule has 1 aromatic heterocycles. The number of rotatable bonds is 2. The second-order valence-electron chi connectivity index (χ2n) is 4.62. The number of alkyl halides is 1. The maximum Gasteiger partial charge on any atom is 0.132 e. The van der Waals surface area contributed by atoms with Gasteiger partial charge in [0, 0.05) is 3.57 Å². The van der Waals surface area contributed by atoms with Crippen molar-refractivity contribution in [2.24, 2.45) is 0 Å². The van der Waals surface area contributed by atoms with Gasteiger partial charge in [0.25, 0.3) is 0 Å². The molecule has 3 aromatic rings. The largest absolute Gasteiger partial charge is 0.293 e. The fourth-order valence-electron chi connectivity index (χ4n) is 2.27. The predicted octanol–water partition coefficient (Wildman–Crippen LogP) is 6.24. The van der Waals surface area contributed by atoms with E-state index in [1.165, 1.54) is 0 Å². The SMILES string of the molecule is CC(Cl)c1nc2c(Cl)cccc2n1-c1ccc(I)cc1Cl. The second kappa shape index (κ2) is 5.95. The van der Waals surface area contributed by atoms with Crippen LogP contribution in [0.2, 0.25) is 10.0 Å². The van der Waals surface area contributed by atoms with Crippen molar-refractivity contribution in [3.05, 3.63) is 55.8 Å². The Hall–Kier alpha value is -0.490. The highest BCUT2D eigenvalue weighted by Crippen LogP contribution is 2.34. The van der Waals surface area contributed by atoms with E-state index in [1.54, 1.807) is 0 Å². The van der Waals surface area contributed by atoms with E-state index in [-0.39, 0.29) is 5.38 Å². The molecule has 1 heterocycles. The van der Waals surface area contributed by atoms with Crippen LogP contribution in [0.25, 0.3) is 16.7 Å². The summed E-state index contributed by atoms with van der Waals surface area (Å²) in [4.78, 5) is 4.59. The molecule has 108 valence electrons. The number of aromatic nitrogens is 2. The number of hydrogen-bond donors (Lipinski definition) is 0. The molecule has 0 saturated carbocycles. The molecule has 0 fully saturated rings. The van der Waals surface area contributed by atoms with E-state index in [9.17, 15) is 0 Å². The van der Waals surface area contributed by atoms with Crippen LogP contribution in [0, 0.1) is 3.57 Å². The summed E-state index contributed by atoms with van der Waals surface area (Å²) < 4.78 is 3.04. The van der Waals surface area contributed by atoms with Gasteiger partial charge in [0.15, 0.2) is 0 Å². The number of para-hydroxylation sites is 1. The van der Waals surface area contributed by atoms with E-state index in [0.29, 0.717) is 10.0 Å². The van der Waals surface area contributed by atoms with Crippen LogP contribution < -0.4 is 0 Å². The lowest BCUT2D eigenvalue weighted by Gasteiger charge is -2.12. The normalized spacial score (nSPS) is 12.8. The van der Waals surface area contributed by atoms with Gasteiger partial charge in [-0.1, -0.05) is 29.3 Å². The van der Waals surface area contributed by atoms with E-state index in [1.807, 2.05) is 47.9 Å². The molecular weight excluding hydrogens is 441 g/mol. The second-order valence-corrected chi connectivity index (χ2v) is 7.34. The molecule has 0 radical (unpaired) electrons. The van der Waals surface area contributed by atoms with Crippen LogP contribution in [0.5, 0.6) is 0 Å². The van der Waals surface area contributed by atoms with Crippen LogP contribution in [0.1, 0.15) is 18.1 Å². The molecule has 0 amide bonds. The summed E-state index contributed by atoms with van der Waals surface area (Å²) in [6.45, 7) is 1.88. The highest BCUT2D eigenvalue weighted by atomic mass is 127. The van der Waals surface area contributed by atoms with E-state index < -0.39 is 0 Å². The van der Waals surface area contributed by atoms with E-state index in [0.717, 1.165) is 26.1 Å². The summed E-state index contributed by atoms with van der Waals surface area (Å²) in [7, 11) is 0. The van der Waals surface area contributed by atoms with Gasteiger partial charge in [-0.25, -0.2) is 4.98 Å². The molecule has 0 bridgehead atoms. The van der Waals surface area contributed by atoms with Crippen LogP contribution in [-0.2, 0) is 0 Å². The molecule has 6 heteroatoms. The minimum absolute atomic E-state index is 0.260. The molecule has 2 nitrogen and oxygen atoms in total. The number of halogens is 4. The van der Waals surface area contributed by atoms with Gasteiger partial charge in [-0.3, -0.25) is 4.57 Å². The Morgan fingerprint density at radius 1 is 1.14 bits per heavy atom. The Labute approximate surface area is 151 Å². The van der Waals surface area contributed by atoms with Crippen LogP contribution >= 0.6 is 57.4 Å². The molecule has 0 aliphatic rings. The highest BCUT2D eigenvalue weighted by molar-refractivity contribution is 14.1. The fraction of sp³-hybridized carbons (Fsp3) is 0.133. The van der Waals surface area contributed by atoms with Crippen molar-refractivity contribution in [2.45, 2.75) is 12.3 Å². The van der Waals surface area contributed by atoms with E-state index in [2.05, 4.69) is 27.6 Å². The fourth-order valence-corrected chi connectivity index (χ4v) is 3.56. The van der Waals surface area contributed by atoms with E-state index in [4.69, 9.17) is 34.8 Å². The molecule has 1 atom stereocenters. The number of nitrogens with zero attached hydrogens (tertiary/aromatic N) is 2. The lowest BCUT2D eigenvalue weighted by atomic mass is 10.2. The quantitative estimate of drug-likeness (QED) is 0.333. The van der Waals surface area contributed by atoms with Crippen LogP contribution in [0.15, 0.2) is 36.4 Å². The van der Waals surface area contributed by atoms with Crippen molar-refractivity contribution in [3.8, 4) is 5.69 Å². The third-order valence-electron chi connectivity index (χ3n) is 3.17. The molecule has 21 heavy (non-hydrogen) atoms. The van der Waals surface area contributed by atoms with Gasteiger partial charge in [-0.05, 0) is 59.8 Å². The molecule has 0 aliphatic carbocycles. The molecular formula is C15H10Cl3IN2. The smallest absolute Gasteiger partial charge is 0.132 e. The first kappa shape index (κ1) is 15.4. The molecule has 0 spiro atoms. The summed E-state index contributed by atoms with van der Waals surface area (Å²) in [5.41, 5.74) is 2.48. The van der Waals surface area contributed by atoms with Gasteiger partial charge in [0.05, 0.1) is 26.6 Å². The third-order valence-corrected chi connectivity index (χ3v) is 4.64. The Balaban J connectivity index is 2.39. The van der Waals surface area contributed by atoms with E-state index >= 15 is 0 Å². The van der Waals surface area contributed by atoms with Gasteiger partial charge in [-0.2, -0.15) is 0 Å².